The zero-order valence-electron chi connectivity index (χ0n) is 15.0. The monoisotopic (exact) mass is 369 g/mol. The van der Waals surface area contributed by atoms with E-state index in [1.807, 2.05) is 24.3 Å². The second-order valence-corrected chi connectivity index (χ2v) is 7.87. The fourth-order valence-electron chi connectivity index (χ4n) is 4.52. The predicted molar refractivity (Wildman–Crippen MR) is 100 cm³/mol. The Kier molecular flexibility index (Phi) is 3.64. The molecule has 2 aromatic carbocycles. The number of aromatic hydroxyl groups is 1. The van der Waals surface area contributed by atoms with Crippen molar-refractivity contribution in [1.29, 1.82) is 0 Å². The van der Waals surface area contributed by atoms with Crippen LogP contribution in [0.15, 0.2) is 36.5 Å². The van der Waals surface area contributed by atoms with E-state index in [0.29, 0.717) is 16.5 Å². The van der Waals surface area contributed by atoms with E-state index < -0.39 is 17.4 Å². The van der Waals surface area contributed by atoms with Gasteiger partial charge in [0.1, 0.15) is 5.52 Å². The number of anilines is 1. The minimum atomic E-state index is -0.992. The summed E-state index contributed by atoms with van der Waals surface area (Å²) in [5.41, 5.74) is 2.51. The van der Waals surface area contributed by atoms with Crippen LogP contribution in [-0.4, -0.2) is 28.0 Å². The maximum Gasteiger partial charge on any atom is 0.194 e. The largest absolute Gasteiger partial charge is 0.503 e. The minimum Gasteiger partial charge on any atom is -0.503 e. The SMILES string of the molecule is Oc1c(F)cc2cnn(-c3ccc(N4CCC5(CCC5)CC4)cc3)c2c1F. The standard InChI is InChI=1S/C21H21F2N3O/c22-17-12-14-13-24-26(19(14)18(23)20(17)27)16-4-2-15(3-5-16)25-10-8-21(9-11-25)6-1-7-21/h2-5,12-13,27H,1,6-11H2. The molecule has 1 aliphatic carbocycles. The highest BCUT2D eigenvalue weighted by Gasteiger charge is 2.39. The molecular formula is C21H21F2N3O. The van der Waals surface area contributed by atoms with Gasteiger partial charge in [0.15, 0.2) is 17.4 Å². The predicted octanol–water partition coefficient (Wildman–Crippen LogP) is 4.78. The number of hydrogen-bond donors (Lipinski definition) is 1. The summed E-state index contributed by atoms with van der Waals surface area (Å²) in [5, 5.41) is 14.1. The van der Waals surface area contributed by atoms with Gasteiger partial charge in [0.05, 0.1) is 11.9 Å². The van der Waals surface area contributed by atoms with Gasteiger partial charge in [-0.25, -0.2) is 13.5 Å². The molecule has 5 rings (SSSR count). The van der Waals surface area contributed by atoms with Gasteiger partial charge in [-0.1, -0.05) is 6.42 Å². The molecule has 1 aromatic heterocycles. The number of aromatic nitrogens is 2. The van der Waals surface area contributed by atoms with Gasteiger partial charge in [-0.3, -0.25) is 0 Å². The van der Waals surface area contributed by atoms with Crippen LogP contribution in [-0.2, 0) is 0 Å². The first-order valence-corrected chi connectivity index (χ1v) is 9.46. The number of nitrogens with zero attached hydrogens (tertiary/aromatic N) is 3. The summed E-state index contributed by atoms with van der Waals surface area (Å²) < 4.78 is 29.3. The Labute approximate surface area is 156 Å². The summed E-state index contributed by atoms with van der Waals surface area (Å²) in [6.45, 7) is 2.15. The number of halogens is 2. The van der Waals surface area contributed by atoms with Crippen molar-refractivity contribution in [1.82, 2.24) is 9.78 Å². The number of rotatable bonds is 2. The van der Waals surface area contributed by atoms with E-state index in [1.165, 1.54) is 43.0 Å². The van der Waals surface area contributed by atoms with Crippen molar-refractivity contribution in [3.63, 3.8) is 0 Å². The lowest BCUT2D eigenvalue weighted by Crippen LogP contribution is -2.43. The Balaban J connectivity index is 1.42. The highest BCUT2D eigenvalue weighted by atomic mass is 19.1. The number of phenolic OH excluding ortho intramolecular Hbond substituents is 1. The third-order valence-electron chi connectivity index (χ3n) is 6.42. The summed E-state index contributed by atoms with van der Waals surface area (Å²) in [5.74, 6) is -2.95. The van der Waals surface area contributed by atoms with E-state index in [9.17, 15) is 13.9 Å². The van der Waals surface area contributed by atoms with E-state index in [-0.39, 0.29) is 5.52 Å². The van der Waals surface area contributed by atoms with Crippen LogP contribution >= 0.6 is 0 Å². The van der Waals surface area contributed by atoms with Crippen LogP contribution in [0.4, 0.5) is 14.5 Å². The van der Waals surface area contributed by atoms with Crippen LogP contribution in [0.5, 0.6) is 5.75 Å². The third kappa shape index (κ3) is 2.58. The number of piperidine rings is 1. The van der Waals surface area contributed by atoms with Crippen LogP contribution in [0.3, 0.4) is 0 Å². The molecule has 3 aromatic rings. The maximum absolute atomic E-state index is 14.4. The molecule has 0 atom stereocenters. The Morgan fingerprint density at radius 1 is 0.963 bits per heavy atom. The molecule has 6 heteroatoms. The number of fused-ring (bicyclic) bond motifs is 1. The Morgan fingerprint density at radius 2 is 1.63 bits per heavy atom. The van der Waals surface area contributed by atoms with Gasteiger partial charge in [-0.2, -0.15) is 5.10 Å². The highest BCUT2D eigenvalue weighted by Crippen LogP contribution is 2.49. The zero-order chi connectivity index (χ0) is 18.6. The summed E-state index contributed by atoms with van der Waals surface area (Å²) in [7, 11) is 0. The summed E-state index contributed by atoms with van der Waals surface area (Å²) in [4.78, 5) is 2.40. The van der Waals surface area contributed by atoms with E-state index in [2.05, 4.69) is 10.00 Å². The van der Waals surface area contributed by atoms with Gasteiger partial charge in [-0.05, 0) is 61.4 Å². The average Bonchev–Trinajstić information content (AvgIpc) is 3.09. The summed E-state index contributed by atoms with van der Waals surface area (Å²) >= 11 is 0. The molecule has 1 saturated carbocycles. The van der Waals surface area contributed by atoms with Crippen LogP contribution < -0.4 is 4.90 Å². The molecule has 27 heavy (non-hydrogen) atoms. The van der Waals surface area contributed by atoms with Crippen molar-refractivity contribution in [3.05, 3.63) is 48.2 Å². The van der Waals surface area contributed by atoms with Gasteiger partial charge in [-0.15, -0.1) is 0 Å². The quantitative estimate of drug-likeness (QED) is 0.707. The summed E-state index contributed by atoms with van der Waals surface area (Å²) in [6.07, 6.45) is 8.06. The van der Waals surface area contributed by atoms with Crippen molar-refractivity contribution in [3.8, 4) is 11.4 Å². The molecule has 1 spiro atoms. The molecule has 1 aliphatic heterocycles. The first-order valence-electron chi connectivity index (χ1n) is 9.46. The maximum atomic E-state index is 14.4. The second kappa shape index (κ2) is 5.94. The van der Waals surface area contributed by atoms with Crippen LogP contribution in [0.1, 0.15) is 32.1 Å². The van der Waals surface area contributed by atoms with E-state index in [0.717, 1.165) is 24.8 Å². The third-order valence-corrected chi connectivity index (χ3v) is 6.42. The second-order valence-electron chi connectivity index (χ2n) is 7.87. The van der Waals surface area contributed by atoms with Crippen LogP contribution in [0.25, 0.3) is 16.6 Å². The average molecular weight is 369 g/mol. The number of hydrogen-bond acceptors (Lipinski definition) is 3. The lowest BCUT2D eigenvalue weighted by molar-refractivity contribution is 0.0955. The topological polar surface area (TPSA) is 41.3 Å². The molecule has 2 aliphatic rings. The lowest BCUT2D eigenvalue weighted by atomic mass is 9.63. The molecule has 4 nitrogen and oxygen atoms in total. The fourth-order valence-corrected chi connectivity index (χ4v) is 4.52. The molecule has 1 saturated heterocycles. The van der Waals surface area contributed by atoms with Crippen molar-refractivity contribution in [2.45, 2.75) is 32.1 Å². The molecule has 0 radical (unpaired) electrons. The molecule has 1 N–H and O–H groups in total. The van der Waals surface area contributed by atoms with Crippen molar-refractivity contribution < 1.29 is 13.9 Å². The highest BCUT2D eigenvalue weighted by molar-refractivity contribution is 5.82. The molecule has 2 fully saturated rings. The van der Waals surface area contributed by atoms with Gasteiger partial charge >= 0.3 is 0 Å². The van der Waals surface area contributed by atoms with Crippen molar-refractivity contribution in [2.24, 2.45) is 5.41 Å². The Bertz CT molecular complexity index is 998. The van der Waals surface area contributed by atoms with E-state index in [1.54, 1.807) is 0 Å². The van der Waals surface area contributed by atoms with Gasteiger partial charge in [0, 0.05) is 24.2 Å². The number of benzene rings is 2. The van der Waals surface area contributed by atoms with E-state index >= 15 is 0 Å². The molecule has 0 amide bonds. The van der Waals surface area contributed by atoms with Gasteiger partial charge < -0.3 is 10.0 Å². The molecule has 0 unspecified atom stereocenters. The number of phenols is 1. The summed E-state index contributed by atoms with van der Waals surface area (Å²) in [6, 6.07) is 8.89. The smallest absolute Gasteiger partial charge is 0.194 e. The van der Waals surface area contributed by atoms with Crippen LogP contribution in [0, 0.1) is 17.0 Å². The molecular weight excluding hydrogens is 348 g/mol. The first-order chi connectivity index (χ1) is 13.1. The van der Waals surface area contributed by atoms with Crippen molar-refractivity contribution >= 4 is 16.6 Å². The molecule has 0 bridgehead atoms. The van der Waals surface area contributed by atoms with Crippen molar-refractivity contribution in [2.75, 3.05) is 18.0 Å². The van der Waals surface area contributed by atoms with Crippen LogP contribution in [0.2, 0.25) is 0 Å². The normalized spacial score (nSPS) is 18.8. The fraction of sp³-hybridized carbons (Fsp3) is 0.381. The minimum absolute atomic E-state index is 0.0755. The zero-order valence-corrected chi connectivity index (χ0v) is 15.0. The Hall–Kier alpha value is -2.63. The van der Waals surface area contributed by atoms with Gasteiger partial charge in [0.25, 0.3) is 0 Å². The first kappa shape index (κ1) is 16.5. The Morgan fingerprint density at radius 3 is 2.26 bits per heavy atom. The molecule has 2 heterocycles. The lowest BCUT2D eigenvalue weighted by Gasteiger charge is -2.48. The van der Waals surface area contributed by atoms with Gasteiger partial charge in [0.2, 0.25) is 0 Å². The van der Waals surface area contributed by atoms with E-state index in [4.69, 9.17) is 0 Å². The molecule has 140 valence electrons.